The van der Waals surface area contributed by atoms with E-state index in [0.717, 1.165) is 12.0 Å². The highest BCUT2D eigenvalue weighted by Crippen LogP contribution is 2.09. The Labute approximate surface area is 160 Å². The van der Waals surface area contributed by atoms with Crippen LogP contribution in [-0.4, -0.2) is 40.8 Å². The molecular weight excluding hydrogens is 348 g/mol. The highest BCUT2D eigenvalue weighted by molar-refractivity contribution is 5.89. The number of carbonyl (C=O) groups excluding carboxylic acids is 2. The number of carbonyl (C=O) groups is 3. The van der Waals surface area contributed by atoms with Gasteiger partial charge in [0.2, 0.25) is 5.91 Å². The zero-order valence-electron chi connectivity index (χ0n) is 16.5. The molecule has 7 nitrogen and oxygen atoms in total. The fourth-order valence-electron chi connectivity index (χ4n) is 2.45. The van der Waals surface area contributed by atoms with Crippen molar-refractivity contribution in [2.24, 2.45) is 0 Å². The molecule has 0 saturated carbocycles. The van der Waals surface area contributed by atoms with Crippen molar-refractivity contribution < 1.29 is 24.2 Å². The Morgan fingerprint density at radius 1 is 1.07 bits per heavy atom. The average molecular weight is 378 g/mol. The summed E-state index contributed by atoms with van der Waals surface area (Å²) in [5.41, 5.74) is 0.136. The highest BCUT2D eigenvalue weighted by atomic mass is 16.6. The number of carboxylic acids is 1. The van der Waals surface area contributed by atoms with Gasteiger partial charge in [0.15, 0.2) is 0 Å². The summed E-state index contributed by atoms with van der Waals surface area (Å²) in [6.07, 6.45) is 1.34. The summed E-state index contributed by atoms with van der Waals surface area (Å²) in [6, 6.07) is 7.26. The van der Waals surface area contributed by atoms with Crippen LogP contribution in [0.3, 0.4) is 0 Å². The topological polar surface area (TPSA) is 105 Å². The number of nitrogens with one attached hydrogen (secondary N) is 2. The van der Waals surface area contributed by atoms with E-state index in [2.05, 4.69) is 10.6 Å². The van der Waals surface area contributed by atoms with Crippen LogP contribution in [0.1, 0.15) is 52.5 Å². The van der Waals surface area contributed by atoms with Crippen molar-refractivity contribution in [2.75, 3.05) is 0 Å². The molecule has 0 radical (unpaired) electrons. The van der Waals surface area contributed by atoms with Crippen molar-refractivity contribution in [3.8, 4) is 0 Å². The molecule has 0 bridgehead atoms. The van der Waals surface area contributed by atoms with Crippen LogP contribution in [0.15, 0.2) is 30.3 Å². The molecule has 0 aliphatic heterocycles. The van der Waals surface area contributed by atoms with E-state index < -0.39 is 35.7 Å². The number of ether oxygens (including phenoxy) is 1. The van der Waals surface area contributed by atoms with Gasteiger partial charge in [-0.1, -0.05) is 50.1 Å². The molecule has 0 aliphatic carbocycles. The SMILES string of the molecule is CCCC[C@H](NC(=O)[C@H](Cc1ccccc1)NC(=O)OC(C)(C)C)C(=O)O. The molecule has 0 spiro atoms. The van der Waals surface area contributed by atoms with Crippen molar-refractivity contribution in [3.63, 3.8) is 0 Å². The van der Waals surface area contributed by atoms with Gasteiger partial charge < -0.3 is 20.5 Å². The maximum Gasteiger partial charge on any atom is 0.408 e. The van der Waals surface area contributed by atoms with Crippen LogP contribution in [0.25, 0.3) is 0 Å². The van der Waals surface area contributed by atoms with Gasteiger partial charge in [-0.3, -0.25) is 4.79 Å². The fourth-order valence-corrected chi connectivity index (χ4v) is 2.45. The van der Waals surface area contributed by atoms with Crippen LogP contribution < -0.4 is 10.6 Å². The zero-order chi connectivity index (χ0) is 20.4. The van der Waals surface area contributed by atoms with Crippen molar-refractivity contribution in [1.29, 1.82) is 0 Å². The maximum atomic E-state index is 12.7. The lowest BCUT2D eigenvalue weighted by atomic mass is 10.0. The van der Waals surface area contributed by atoms with Crippen molar-refractivity contribution in [3.05, 3.63) is 35.9 Å². The molecule has 0 unspecified atom stereocenters. The van der Waals surface area contributed by atoms with Crippen molar-refractivity contribution >= 4 is 18.0 Å². The predicted molar refractivity (Wildman–Crippen MR) is 102 cm³/mol. The monoisotopic (exact) mass is 378 g/mol. The second kappa shape index (κ2) is 10.5. The Kier molecular flexibility index (Phi) is 8.78. The molecule has 27 heavy (non-hydrogen) atoms. The highest BCUT2D eigenvalue weighted by Gasteiger charge is 2.28. The summed E-state index contributed by atoms with van der Waals surface area (Å²) in [4.78, 5) is 36.2. The number of aliphatic carboxylic acids is 1. The minimum absolute atomic E-state index is 0.228. The Morgan fingerprint density at radius 3 is 2.22 bits per heavy atom. The van der Waals surface area contributed by atoms with Crippen LogP contribution in [-0.2, 0) is 20.7 Å². The molecule has 0 saturated heterocycles. The van der Waals surface area contributed by atoms with Crippen molar-refractivity contribution in [2.45, 2.75) is 71.1 Å². The maximum absolute atomic E-state index is 12.7. The molecule has 0 fully saturated rings. The Bertz CT molecular complexity index is 625. The Balaban J connectivity index is 2.89. The average Bonchev–Trinajstić information content (AvgIpc) is 2.56. The van der Waals surface area contributed by atoms with Gasteiger partial charge in [0.25, 0.3) is 0 Å². The van der Waals surface area contributed by atoms with E-state index in [0.29, 0.717) is 12.8 Å². The van der Waals surface area contributed by atoms with Gasteiger partial charge in [0.1, 0.15) is 17.7 Å². The first-order valence-electron chi connectivity index (χ1n) is 9.19. The summed E-state index contributed by atoms with van der Waals surface area (Å²) in [5, 5.41) is 14.4. The molecule has 7 heteroatoms. The van der Waals surface area contributed by atoms with E-state index >= 15 is 0 Å². The summed E-state index contributed by atoms with van der Waals surface area (Å²) in [7, 11) is 0. The minimum atomic E-state index is -1.09. The summed E-state index contributed by atoms with van der Waals surface area (Å²) < 4.78 is 5.23. The first kappa shape index (κ1) is 22.5. The number of hydrogen-bond acceptors (Lipinski definition) is 4. The molecule has 3 N–H and O–H groups in total. The minimum Gasteiger partial charge on any atom is -0.480 e. The third kappa shape index (κ3) is 9.08. The number of hydrogen-bond donors (Lipinski definition) is 3. The summed E-state index contributed by atoms with van der Waals surface area (Å²) in [5.74, 6) is -1.64. The van der Waals surface area contributed by atoms with Gasteiger partial charge in [-0.25, -0.2) is 9.59 Å². The number of amides is 2. The quantitative estimate of drug-likeness (QED) is 0.613. The van der Waals surface area contributed by atoms with E-state index in [1.165, 1.54) is 0 Å². The van der Waals surface area contributed by atoms with E-state index in [-0.39, 0.29) is 6.42 Å². The largest absolute Gasteiger partial charge is 0.480 e. The number of carboxylic acid groups (broad SMARTS) is 1. The van der Waals surface area contributed by atoms with Crippen LogP contribution in [0.5, 0.6) is 0 Å². The van der Waals surface area contributed by atoms with Gasteiger partial charge in [-0.2, -0.15) is 0 Å². The van der Waals surface area contributed by atoms with Crippen LogP contribution in [0.2, 0.25) is 0 Å². The molecule has 1 rings (SSSR count). The van der Waals surface area contributed by atoms with E-state index in [4.69, 9.17) is 4.74 Å². The molecule has 0 aliphatic rings. The molecule has 0 heterocycles. The molecule has 1 aromatic rings. The molecule has 2 amide bonds. The number of unbranched alkanes of at least 4 members (excludes halogenated alkanes) is 1. The first-order chi connectivity index (χ1) is 12.6. The lowest BCUT2D eigenvalue weighted by Gasteiger charge is -2.24. The third-order valence-electron chi connectivity index (χ3n) is 3.75. The van der Waals surface area contributed by atoms with Gasteiger partial charge in [0, 0.05) is 6.42 Å². The zero-order valence-corrected chi connectivity index (χ0v) is 16.5. The summed E-state index contributed by atoms with van der Waals surface area (Å²) in [6.45, 7) is 7.13. The van der Waals surface area contributed by atoms with Crippen LogP contribution in [0, 0.1) is 0 Å². The van der Waals surface area contributed by atoms with Crippen LogP contribution >= 0.6 is 0 Å². The number of alkyl carbamates (subject to hydrolysis) is 1. The standard InChI is InChI=1S/C20H30N2O5/c1-5-6-12-15(18(24)25)21-17(23)16(13-14-10-8-7-9-11-14)22-19(26)27-20(2,3)4/h7-11,15-16H,5-6,12-13H2,1-4H3,(H,21,23)(H,22,26)(H,24,25)/t15-,16-/m0/s1. The van der Waals surface area contributed by atoms with E-state index in [1.807, 2.05) is 37.3 Å². The van der Waals surface area contributed by atoms with E-state index in [1.54, 1.807) is 20.8 Å². The molecule has 2 atom stereocenters. The van der Waals surface area contributed by atoms with Gasteiger partial charge in [-0.05, 0) is 32.8 Å². The molecule has 0 aromatic heterocycles. The summed E-state index contributed by atoms with van der Waals surface area (Å²) >= 11 is 0. The first-order valence-corrected chi connectivity index (χ1v) is 9.19. The van der Waals surface area contributed by atoms with E-state index in [9.17, 15) is 19.5 Å². The predicted octanol–water partition coefficient (Wildman–Crippen LogP) is 2.88. The second-order valence-corrected chi connectivity index (χ2v) is 7.43. The van der Waals surface area contributed by atoms with Gasteiger partial charge in [-0.15, -0.1) is 0 Å². The lowest BCUT2D eigenvalue weighted by Crippen LogP contribution is -2.53. The van der Waals surface area contributed by atoms with Crippen molar-refractivity contribution in [1.82, 2.24) is 10.6 Å². The molecule has 150 valence electrons. The van der Waals surface area contributed by atoms with Crippen LogP contribution in [0.4, 0.5) is 4.79 Å². The normalized spacial score (nSPS) is 13.3. The number of benzene rings is 1. The second-order valence-electron chi connectivity index (χ2n) is 7.43. The molecular formula is C20H30N2O5. The Hall–Kier alpha value is -2.57. The third-order valence-corrected chi connectivity index (χ3v) is 3.75. The van der Waals surface area contributed by atoms with Gasteiger partial charge in [0.05, 0.1) is 0 Å². The lowest BCUT2D eigenvalue weighted by molar-refractivity contribution is -0.142. The number of rotatable bonds is 9. The van der Waals surface area contributed by atoms with Gasteiger partial charge >= 0.3 is 12.1 Å². The fraction of sp³-hybridized carbons (Fsp3) is 0.550. The Morgan fingerprint density at radius 2 is 1.70 bits per heavy atom. The smallest absolute Gasteiger partial charge is 0.408 e. The molecule has 1 aromatic carbocycles.